The zero-order chi connectivity index (χ0) is 15.1. The van der Waals surface area contributed by atoms with Crippen LogP contribution in [0.1, 0.15) is 5.56 Å². The second kappa shape index (κ2) is 7.90. The summed E-state index contributed by atoms with van der Waals surface area (Å²) < 4.78 is 22.5. The van der Waals surface area contributed by atoms with Gasteiger partial charge in [-0.3, -0.25) is 0 Å². The number of halogens is 1. The number of benzene rings is 2. The minimum atomic E-state index is 0.125. The first-order valence-electron chi connectivity index (χ1n) is 6.40. The molecule has 21 heavy (non-hydrogen) atoms. The highest BCUT2D eigenvalue weighted by Gasteiger charge is 2.14. The molecular weight excluding hydrogens is 336 g/mol. The largest absolute Gasteiger partial charge is 0.493 e. The molecule has 0 unspecified atom stereocenters. The standard InChI is InChI=1S/C16H17BrO4/c1-18-11-21-16-14(19-2)8-13(17)9-15(16)20-10-12-6-4-3-5-7-12/h3-9H,10-11H2,1-2H3. The van der Waals surface area contributed by atoms with E-state index in [-0.39, 0.29) is 6.79 Å². The fourth-order valence-corrected chi connectivity index (χ4v) is 2.21. The third-order valence-electron chi connectivity index (χ3n) is 2.76. The van der Waals surface area contributed by atoms with Crippen molar-refractivity contribution in [1.29, 1.82) is 0 Å². The maximum Gasteiger partial charge on any atom is 0.206 e. The van der Waals surface area contributed by atoms with Crippen molar-refractivity contribution in [2.24, 2.45) is 0 Å². The van der Waals surface area contributed by atoms with Crippen molar-refractivity contribution in [1.82, 2.24) is 0 Å². The summed E-state index contributed by atoms with van der Waals surface area (Å²) in [7, 11) is 3.15. The van der Waals surface area contributed by atoms with Gasteiger partial charge in [-0.15, -0.1) is 0 Å². The van der Waals surface area contributed by atoms with Crippen LogP contribution < -0.4 is 14.2 Å². The lowest BCUT2D eigenvalue weighted by atomic mass is 10.2. The van der Waals surface area contributed by atoms with Gasteiger partial charge in [0.1, 0.15) is 6.61 Å². The molecule has 0 aliphatic heterocycles. The quantitative estimate of drug-likeness (QED) is 0.705. The number of methoxy groups -OCH3 is 2. The van der Waals surface area contributed by atoms with Crippen molar-refractivity contribution >= 4 is 15.9 Å². The number of rotatable bonds is 7. The Labute approximate surface area is 132 Å². The average molecular weight is 353 g/mol. The van der Waals surface area contributed by atoms with Gasteiger partial charge in [0.2, 0.25) is 5.75 Å². The molecule has 0 atom stereocenters. The van der Waals surface area contributed by atoms with Crippen molar-refractivity contribution in [2.45, 2.75) is 6.61 Å². The van der Waals surface area contributed by atoms with Crippen LogP contribution in [-0.4, -0.2) is 21.0 Å². The van der Waals surface area contributed by atoms with Crippen LogP contribution in [0.15, 0.2) is 46.9 Å². The molecule has 0 bridgehead atoms. The SMILES string of the molecule is COCOc1c(OC)cc(Br)cc1OCc1ccccc1. The lowest BCUT2D eigenvalue weighted by molar-refractivity contribution is 0.0463. The highest BCUT2D eigenvalue weighted by Crippen LogP contribution is 2.40. The molecule has 112 valence electrons. The summed E-state index contributed by atoms with van der Waals surface area (Å²) in [5.41, 5.74) is 1.08. The van der Waals surface area contributed by atoms with Gasteiger partial charge in [-0.1, -0.05) is 46.3 Å². The Morgan fingerprint density at radius 1 is 0.952 bits per heavy atom. The van der Waals surface area contributed by atoms with Crippen LogP contribution in [0, 0.1) is 0 Å². The fraction of sp³-hybridized carbons (Fsp3) is 0.250. The van der Waals surface area contributed by atoms with E-state index < -0.39 is 0 Å². The molecule has 2 rings (SSSR count). The zero-order valence-corrected chi connectivity index (χ0v) is 13.6. The van der Waals surface area contributed by atoms with E-state index in [9.17, 15) is 0 Å². The van der Waals surface area contributed by atoms with Crippen LogP contribution in [0.5, 0.6) is 17.2 Å². The first-order valence-corrected chi connectivity index (χ1v) is 7.20. The van der Waals surface area contributed by atoms with E-state index in [0.717, 1.165) is 10.0 Å². The maximum absolute atomic E-state index is 5.85. The molecular formula is C16H17BrO4. The van der Waals surface area contributed by atoms with Crippen molar-refractivity contribution in [3.63, 3.8) is 0 Å². The molecule has 0 aliphatic carbocycles. The van der Waals surface area contributed by atoms with Gasteiger partial charge in [0, 0.05) is 11.6 Å². The van der Waals surface area contributed by atoms with Gasteiger partial charge < -0.3 is 18.9 Å². The van der Waals surface area contributed by atoms with Crippen LogP contribution >= 0.6 is 15.9 Å². The van der Waals surface area contributed by atoms with E-state index in [1.807, 2.05) is 42.5 Å². The summed E-state index contributed by atoms with van der Waals surface area (Å²) in [4.78, 5) is 0. The number of hydrogen-bond donors (Lipinski definition) is 0. The lowest BCUT2D eigenvalue weighted by Gasteiger charge is -2.16. The second-order valence-electron chi connectivity index (χ2n) is 4.26. The third kappa shape index (κ3) is 4.37. The Bertz CT molecular complexity index is 572. The zero-order valence-electron chi connectivity index (χ0n) is 12.0. The molecule has 0 heterocycles. The molecule has 0 saturated carbocycles. The summed E-state index contributed by atoms with van der Waals surface area (Å²) in [6.07, 6.45) is 0. The predicted molar refractivity (Wildman–Crippen MR) is 84.0 cm³/mol. The summed E-state index contributed by atoms with van der Waals surface area (Å²) >= 11 is 3.44. The van der Waals surface area contributed by atoms with Crippen molar-refractivity contribution < 1.29 is 18.9 Å². The monoisotopic (exact) mass is 352 g/mol. The fourth-order valence-electron chi connectivity index (χ4n) is 1.80. The van der Waals surface area contributed by atoms with Crippen LogP contribution in [0.2, 0.25) is 0 Å². The van der Waals surface area contributed by atoms with E-state index >= 15 is 0 Å². The molecule has 5 heteroatoms. The molecule has 0 saturated heterocycles. The van der Waals surface area contributed by atoms with Gasteiger partial charge in [0.15, 0.2) is 18.3 Å². The molecule has 0 N–H and O–H groups in total. The minimum absolute atomic E-state index is 0.125. The Kier molecular flexibility index (Phi) is 5.90. The smallest absolute Gasteiger partial charge is 0.206 e. The first kappa shape index (κ1) is 15.7. The Hall–Kier alpha value is -1.72. The second-order valence-corrected chi connectivity index (χ2v) is 5.18. The van der Waals surface area contributed by atoms with Crippen LogP contribution in [0.4, 0.5) is 0 Å². The van der Waals surface area contributed by atoms with Crippen LogP contribution in [-0.2, 0) is 11.3 Å². The van der Waals surface area contributed by atoms with Gasteiger partial charge in [-0.05, 0) is 17.7 Å². The van der Waals surface area contributed by atoms with E-state index in [1.165, 1.54) is 0 Å². The van der Waals surface area contributed by atoms with Crippen molar-refractivity contribution in [3.8, 4) is 17.2 Å². The number of ether oxygens (including phenoxy) is 4. The predicted octanol–water partition coefficient (Wildman–Crippen LogP) is 4.02. The minimum Gasteiger partial charge on any atom is -0.493 e. The van der Waals surface area contributed by atoms with Crippen LogP contribution in [0.25, 0.3) is 0 Å². The Balaban J connectivity index is 2.21. The summed E-state index contributed by atoms with van der Waals surface area (Å²) in [5.74, 6) is 1.71. The van der Waals surface area contributed by atoms with Gasteiger partial charge in [-0.25, -0.2) is 0 Å². The molecule has 0 radical (unpaired) electrons. The van der Waals surface area contributed by atoms with Crippen molar-refractivity contribution in [2.75, 3.05) is 21.0 Å². The van der Waals surface area contributed by atoms with Gasteiger partial charge in [0.25, 0.3) is 0 Å². The first-order chi connectivity index (χ1) is 10.2. The summed E-state index contributed by atoms with van der Waals surface area (Å²) in [6.45, 7) is 0.573. The van der Waals surface area contributed by atoms with Crippen LogP contribution in [0.3, 0.4) is 0 Å². The van der Waals surface area contributed by atoms with Gasteiger partial charge >= 0.3 is 0 Å². The van der Waals surface area contributed by atoms with Crippen molar-refractivity contribution in [3.05, 3.63) is 52.5 Å². The molecule has 4 nitrogen and oxygen atoms in total. The van der Waals surface area contributed by atoms with E-state index in [4.69, 9.17) is 18.9 Å². The molecule has 2 aromatic carbocycles. The van der Waals surface area contributed by atoms with E-state index in [2.05, 4.69) is 15.9 Å². The maximum atomic E-state index is 5.85. The third-order valence-corrected chi connectivity index (χ3v) is 3.22. The van der Waals surface area contributed by atoms with E-state index in [1.54, 1.807) is 14.2 Å². The molecule has 2 aromatic rings. The highest BCUT2D eigenvalue weighted by atomic mass is 79.9. The molecule has 0 amide bonds. The molecule has 0 aromatic heterocycles. The Morgan fingerprint density at radius 2 is 1.67 bits per heavy atom. The highest BCUT2D eigenvalue weighted by molar-refractivity contribution is 9.10. The van der Waals surface area contributed by atoms with Gasteiger partial charge in [-0.2, -0.15) is 0 Å². The lowest BCUT2D eigenvalue weighted by Crippen LogP contribution is -2.04. The number of hydrogen-bond acceptors (Lipinski definition) is 4. The van der Waals surface area contributed by atoms with Gasteiger partial charge in [0.05, 0.1) is 7.11 Å². The topological polar surface area (TPSA) is 36.9 Å². The van der Waals surface area contributed by atoms with E-state index in [0.29, 0.717) is 23.9 Å². The molecule has 0 aliphatic rings. The molecule has 0 fully saturated rings. The molecule has 0 spiro atoms. The summed E-state index contributed by atoms with van der Waals surface area (Å²) in [6, 6.07) is 13.6. The summed E-state index contributed by atoms with van der Waals surface area (Å²) in [5, 5.41) is 0. The normalized spacial score (nSPS) is 10.2. The Morgan fingerprint density at radius 3 is 2.33 bits per heavy atom. The average Bonchev–Trinajstić information content (AvgIpc) is 2.52.